The number of aryl methyl sites for hydroxylation is 1. The molecule has 0 aromatic heterocycles. The van der Waals surface area contributed by atoms with Crippen LogP contribution in [0.4, 0.5) is 5.69 Å². The molecular formula is C20H26N4O3S. The van der Waals surface area contributed by atoms with Crippen LogP contribution in [-0.2, 0) is 14.8 Å². The van der Waals surface area contributed by atoms with Crippen LogP contribution < -0.4 is 15.8 Å². The molecule has 150 valence electrons. The van der Waals surface area contributed by atoms with Gasteiger partial charge in [-0.05, 0) is 49.7 Å². The van der Waals surface area contributed by atoms with Gasteiger partial charge in [0, 0.05) is 11.3 Å². The van der Waals surface area contributed by atoms with Gasteiger partial charge in [0.1, 0.15) is 11.9 Å². The summed E-state index contributed by atoms with van der Waals surface area (Å²) in [6.07, 6.45) is 1.93. The molecule has 1 amide bonds. The number of carbonyl (C=O) groups is 1. The first-order valence-electron chi connectivity index (χ1n) is 9.07. The highest BCUT2D eigenvalue weighted by molar-refractivity contribution is 7.89. The Balaban J connectivity index is 2.16. The molecule has 0 aliphatic carbocycles. The second-order valence-corrected chi connectivity index (χ2v) is 8.32. The van der Waals surface area contributed by atoms with Crippen molar-refractivity contribution in [2.75, 3.05) is 5.32 Å². The first-order valence-corrected chi connectivity index (χ1v) is 10.6. The minimum absolute atomic E-state index is 0.0652. The van der Waals surface area contributed by atoms with Crippen LogP contribution in [0.1, 0.15) is 37.3 Å². The maximum atomic E-state index is 12.7. The largest absolute Gasteiger partial charge is 0.384 e. The molecule has 0 bridgehead atoms. The highest BCUT2D eigenvalue weighted by atomic mass is 32.2. The van der Waals surface area contributed by atoms with E-state index in [1.54, 1.807) is 36.4 Å². The Bertz CT molecular complexity index is 923. The predicted octanol–water partition coefficient (Wildman–Crippen LogP) is 2.75. The summed E-state index contributed by atoms with van der Waals surface area (Å²) in [6.45, 7) is 3.85. The summed E-state index contributed by atoms with van der Waals surface area (Å²) < 4.78 is 27.8. The van der Waals surface area contributed by atoms with Gasteiger partial charge >= 0.3 is 0 Å². The molecule has 8 heteroatoms. The molecule has 1 atom stereocenters. The molecule has 0 spiro atoms. The van der Waals surface area contributed by atoms with Crippen molar-refractivity contribution in [1.29, 1.82) is 5.41 Å². The van der Waals surface area contributed by atoms with Crippen molar-refractivity contribution in [3.63, 3.8) is 0 Å². The van der Waals surface area contributed by atoms with E-state index < -0.39 is 22.0 Å². The fourth-order valence-electron chi connectivity index (χ4n) is 2.59. The zero-order chi connectivity index (χ0) is 20.7. The second-order valence-electron chi connectivity index (χ2n) is 6.61. The van der Waals surface area contributed by atoms with Crippen LogP contribution in [0.15, 0.2) is 53.4 Å². The number of hydrogen-bond donors (Lipinski definition) is 4. The Morgan fingerprint density at radius 3 is 2.25 bits per heavy atom. The van der Waals surface area contributed by atoms with Crippen molar-refractivity contribution in [2.24, 2.45) is 5.73 Å². The van der Waals surface area contributed by atoms with Gasteiger partial charge in [0.25, 0.3) is 0 Å². The molecule has 0 aliphatic rings. The van der Waals surface area contributed by atoms with E-state index in [1.165, 1.54) is 12.1 Å². The minimum Gasteiger partial charge on any atom is -0.384 e. The molecule has 2 aromatic carbocycles. The molecule has 0 aliphatic heterocycles. The maximum Gasteiger partial charge on any atom is 0.242 e. The number of amides is 1. The number of hydrogen-bond acceptors (Lipinski definition) is 4. The Hall–Kier alpha value is -2.71. The van der Waals surface area contributed by atoms with Crippen LogP contribution in [0.2, 0.25) is 0 Å². The summed E-state index contributed by atoms with van der Waals surface area (Å²) >= 11 is 0. The standard InChI is InChI=1S/C20H26N4O3S/c1-3-4-5-18(24-28(26,27)17-12-6-14(2)7-13-17)20(25)23-16-10-8-15(9-11-16)19(21)22/h6-13,18,24H,3-5H2,1-2H3,(H3,21,22)(H,23,25). The monoisotopic (exact) mass is 402 g/mol. The highest BCUT2D eigenvalue weighted by Gasteiger charge is 2.25. The van der Waals surface area contributed by atoms with E-state index in [4.69, 9.17) is 11.1 Å². The average molecular weight is 403 g/mol. The molecule has 0 saturated carbocycles. The number of carbonyl (C=O) groups excluding carboxylic acids is 1. The number of benzene rings is 2. The van der Waals surface area contributed by atoms with Gasteiger partial charge in [-0.1, -0.05) is 37.5 Å². The van der Waals surface area contributed by atoms with E-state index in [9.17, 15) is 13.2 Å². The third-order valence-electron chi connectivity index (χ3n) is 4.25. The number of nitrogens with two attached hydrogens (primary N) is 1. The number of nitrogens with one attached hydrogen (secondary N) is 3. The molecule has 2 rings (SSSR count). The second kappa shape index (κ2) is 9.48. The fourth-order valence-corrected chi connectivity index (χ4v) is 3.82. The first-order chi connectivity index (χ1) is 13.2. The third kappa shape index (κ3) is 5.90. The van der Waals surface area contributed by atoms with Gasteiger partial charge in [-0.3, -0.25) is 10.2 Å². The minimum atomic E-state index is -3.82. The smallest absolute Gasteiger partial charge is 0.242 e. The highest BCUT2D eigenvalue weighted by Crippen LogP contribution is 2.15. The summed E-state index contributed by atoms with van der Waals surface area (Å²) in [5.74, 6) is -0.496. The van der Waals surface area contributed by atoms with Gasteiger partial charge in [-0.2, -0.15) is 4.72 Å². The summed E-state index contributed by atoms with van der Waals surface area (Å²) in [4.78, 5) is 12.8. The van der Waals surface area contributed by atoms with Crippen LogP contribution in [0.5, 0.6) is 0 Å². The van der Waals surface area contributed by atoms with Gasteiger partial charge in [-0.25, -0.2) is 8.42 Å². The molecule has 28 heavy (non-hydrogen) atoms. The SMILES string of the molecule is CCCCC(NS(=O)(=O)c1ccc(C)cc1)C(=O)Nc1ccc(C(=N)N)cc1. The van der Waals surface area contributed by atoms with E-state index in [1.807, 2.05) is 13.8 Å². The normalized spacial score (nSPS) is 12.4. The molecule has 0 saturated heterocycles. The number of anilines is 1. The third-order valence-corrected chi connectivity index (χ3v) is 5.74. The maximum absolute atomic E-state index is 12.7. The number of unbranched alkanes of at least 4 members (excludes halogenated alkanes) is 1. The van der Waals surface area contributed by atoms with Crippen LogP contribution in [0.25, 0.3) is 0 Å². The summed E-state index contributed by atoms with van der Waals surface area (Å²) in [5.41, 5.74) is 7.42. The lowest BCUT2D eigenvalue weighted by Crippen LogP contribution is -2.43. The van der Waals surface area contributed by atoms with Crippen molar-refractivity contribution in [1.82, 2.24) is 4.72 Å². The van der Waals surface area contributed by atoms with Crippen LogP contribution in [-0.4, -0.2) is 26.2 Å². The van der Waals surface area contributed by atoms with Gasteiger partial charge in [-0.15, -0.1) is 0 Å². The molecule has 5 N–H and O–H groups in total. The zero-order valence-electron chi connectivity index (χ0n) is 16.0. The lowest BCUT2D eigenvalue weighted by molar-refractivity contribution is -0.117. The number of amidine groups is 1. The van der Waals surface area contributed by atoms with E-state index >= 15 is 0 Å². The Kier molecular flexibility index (Phi) is 7.31. The van der Waals surface area contributed by atoms with Gasteiger partial charge in [0.05, 0.1) is 4.90 Å². The molecule has 0 heterocycles. The van der Waals surface area contributed by atoms with Crippen LogP contribution >= 0.6 is 0 Å². The van der Waals surface area contributed by atoms with E-state index in [2.05, 4.69) is 10.0 Å². The lowest BCUT2D eigenvalue weighted by atomic mass is 10.1. The fraction of sp³-hybridized carbons (Fsp3) is 0.300. The summed E-state index contributed by atoms with van der Waals surface area (Å²) in [6, 6.07) is 12.1. The number of rotatable bonds is 9. The molecule has 0 radical (unpaired) electrons. The van der Waals surface area contributed by atoms with Crippen molar-refractivity contribution in [3.8, 4) is 0 Å². The predicted molar refractivity (Wildman–Crippen MR) is 111 cm³/mol. The van der Waals surface area contributed by atoms with Crippen LogP contribution in [0.3, 0.4) is 0 Å². The molecule has 1 unspecified atom stereocenters. The Morgan fingerprint density at radius 2 is 1.71 bits per heavy atom. The van der Waals surface area contributed by atoms with Crippen molar-refractivity contribution in [3.05, 3.63) is 59.7 Å². The number of sulfonamides is 1. The zero-order valence-corrected chi connectivity index (χ0v) is 16.8. The summed E-state index contributed by atoms with van der Waals surface area (Å²) in [7, 11) is -3.82. The van der Waals surface area contributed by atoms with Crippen molar-refractivity contribution < 1.29 is 13.2 Å². The first kappa shape index (κ1) is 21.6. The quantitative estimate of drug-likeness (QED) is 0.380. The Morgan fingerprint density at radius 1 is 1.11 bits per heavy atom. The molecule has 7 nitrogen and oxygen atoms in total. The molecular weight excluding hydrogens is 376 g/mol. The Labute approximate surface area is 165 Å². The lowest BCUT2D eigenvalue weighted by Gasteiger charge is -2.18. The van der Waals surface area contributed by atoms with Gasteiger partial charge in [0.2, 0.25) is 15.9 Å². The van der Waals surface area contributed by atoms with Gasteiger partial charge < -0.3 is 11.1 Å². The van der Waals surface area contributed by atoms with E-state index in [0.29, 0.717) is 24.1 Å². The van der Waals surface area contributed by atoms with Gasteiger partial charge in [0.15, 0.2) is 0 Å². The molecule has 2 aromatic rings. The van der Waals surface area contributed by atoms with Crippen molar-refractivity contribution in [2.45, 2.75) is 44.0 Å². The number of nitrogen functional groups attached to an aromatic ring is 1. The average Bonchev–Trinajstić information content (AvgIpc) is 2.65. The molecule has 0 fully saturated rings. The summed E-state index contributed by atoms with van der Waals surface area (Å²) in [5, 5.41) is 10.1. The van der Waals surface area contributed by atoms with Crippen LogP contribution in [0, 0.1) is 12.3 Å². The topological polar surface area (TPSA) is 125 Å². The van der Waals surface area contributed by atoms with E-state index in [-0.39, 0.29) is 10.7 Å². The van der Waals surface area contributed by atoms with E-state index in [0.717, 1.165) is 12.0 Å². The van der Waals surface area contributed by atoms with Crippen molar-refractivity contribution >= 4 is 27.5 Å².